The van der Waals surface area contributed by atoms with Gasteiger partial charge in [0.05, 0.1) is 11.0 Å². The van der Waals surface area contributed by atoms with Gasteiger partial charge in [0.2, 0.25) is 0 Å². The molecular weight excluding hydrogens is 322 g/mol. The zero-order valence-corrected chi connectivity index (χ0v) is 11.9. The number of fused-ring (bicyclic) bond motifs is 1. The predicted octanol–water partition coefficient (Wildman–Crippen LogP) is 2.92. The summed E-state index contributed by atoms with van der Waals surface area (Å²) in [6.07, 6.45) is 3.30. The maximum Gasteiger partial charge on any atom is 0.287 e. The first kappa shape index (κ1) is 12.8. The molecule has 1 aromatic carbocycles. The highest BCUT2D eigenvalue weighted by atomic mass is 79.9. The van der Waals surface area contributed by atoms with E-state index in [1.807, 2.05) is 18.2 Å². The lowest BCUT2D eigenvalue weighted by atomic mass is 10.2. The lowest BCUT2D eigenvalue weighted by Gasteiger charge is -2.04. The van der Waals surface area contributed by atoms with E-state index in [9.17, 15) is 4.79 Å². The van der Waals surface area contributed by atoms with Gasteiger partial charge in [-0.15, -0.1) is 0 Å². The quantitative estimate of drug-likeness (QED) is 0.801. The molecule has 2 heterocycles. The van der Waals surface area contributed by atoms with Crippen molar-refractivity contribution in [3.05, 3.63) is 58.7 Å². The van der Waals surface area contributed by atoms with Gasteiger partial charge in [-0.25, -0.2) is 0 Å². The molecule has 20 heavy (non-hydrogen) atoms. The molecule has 2 aromatic heterocycles. The number of carbonyl (C=O) groups is 1. The molecule has 0 aliphatic heterocycles. The molecule has 0 saturated carbocycles. The van der Waals surface area contributed by atoms with Gasteiger partial charge in [-0.05, 0) is 45.8 Å². The molecule has 0 fully saturated rings. The summed E-state index contributed by atoms with van der Waals surface area (Å²) in [5, 5.41) is 2.79. The fourth-order valence-corrected chi connectivity index (χ4v) is 2.13. The average Bonchev–Trinajstić information content (AvgIpc) is 2.91. The van der Waals surface area contributed by atoms with E-state index in [0.717, 1.165) is 16.6 Å². The summed E-state index contributed by atoms with van der Waals surface area (Å²) >= 11 is 3.16. The Morgan fingerprint density at radius 1 is 1.15 bits per heavy atom. The number of hydrogen-bond donors (Lipinski definition) is 1. The van der Waals surface area contributed by atoms with E-state index in [1.54, 1.807) is 24.5 Å². The lowest BCUT2D eigenvalue weighted by molar-refractivity contribution is 0.0922. The Morgan fingerprint density at radius 2 is 1.95 bits per heavy atom. The van der Waals surface area contributed by atoms with E-state index in [4.69, 9.17) is 4.42 Å². The topological polar surface area (TPSA) is 68.0 Å². The Morgan fingerprint density at radius 3 is 2.70 bits per heavy atom. The normalized spacial score (nSPS) is 10.7. The summed E-state index contributed by atoms with van der Waals surface area (Å²) in [7, 11) is 0. The van der Waals surface area contributed by atoms with Gasteiger partial charge in [-0.3, -0.25) is 14.8 Å². The van der Waals surface area contributed by atoms with Crippen molar-refractivity contribution >= 4 is 32.9 Å². The van der Waals surface area contributed by atoms with E-state index in [0.29, 0.717) is 11.2 Å². The smallest absolute Gasteiger partial charge is 0.287 e. The zero-order valence-electron chi connectivity index (χ0n) is 10.3. The molecular formula is C14H10BrN3O2. The molecule has 0 saturated heterocycles. The first-order valence-electron chi connectivity index (χ1n) is 5.95. The highest BCUT2D eigenvalue weighted by Gasteiger charge is 2.09. The molecule has 1 N–H and O–H groups in total. The van der Waals surface area contributed by atoms with Crippen molar-refractivity contribution in [1.29, 1.82) is 0 Å². The summed E-state index contributed by atoms with van der Waals surface area (Å²) in [4.78, 5) is 20.3. The van der Waals surface area contributed by atoms with Gasteiger partial charge in [-0.1, -0.05) is 6.07 Å². The molecule has 0 unspecified atom stereocenters. The van der Waals surface area contributed by atoms with Crippen molar-refractivity contribution in [2.75, 3.05) is 0 Å². The number of nitrogens with zero attached hydrogens (tertiary/aromatic N) is 2. The third-order valence-electron chi connectivity index (χ3n) is 2.78. The monoisotopic (exact) mass is 331 g/mol. The van der Waals surface area contributed by atoms with Crippen LogP contribution in [0.15, 0.2) is 51.8 Å². The van der Waals surface area contributed by atoms with Crippen LogP contribution in [0.25, 0.3) is 11.0 Å². The number of rotatable bonds is 3. The number of amides is 1. The van der Waals surface area contributed by atoms with Gasteiger partial charge < -0.3 is 9.73 Å². The first-order chi connectivity index (χ1) is 9.72. The molecule has 3 aromatic rings. The second kappa shape index (κ2) is 5.42. The van der Waals surface area contributed by atoms with E-state index >= 15 is 0 Å². The minimum absolute atomic E-state index is 0.255. The number of aromatic nitrogens is 2. The second-order valence-electron chi connectivity index (χ2n) is 4.17. The number of furan rings is 1. The predicted molar refractivity (Wildman–Crippen MR) is 77.1 cm³/mol. The number of carbonyl (C=O) groups excluding carboxylic acids is 1. The van der Waals surface area contributed by atoms with Crippen molar-refractivity contribution in [3.63, 3.8) is 0 Å². The van der Waals surface area contributed by atoms with Crippen LogP contribution in [0, 0.1) is 0 Å². The molecule has 0 aliphatic rings. The minimum Gasteiger partial charge on any atom is -0.444 e. The van der Waals surface area contributed by atoms with Crippen molar-refractivity contribution in [3.8, 4) is 0 Å². The Balaban J connectivity index is 1.72. The van der Waals surface area contributed by atoms with Gasteiger partial charge >= 0.3 is 0 Å². The summed E-state index contributed by atoms with van der Waals surface area (Å²) in [6, 6.07) is 9.00. The van der Waals surface area contributed by atoms with Crippen LogP contribution in [0.2, 0.25) is 0 Å². The Kier molecular flexibility index (Phi) is 3.47. The summed E-state index contributed by atoms with van der Waals surface area (Å²) in [6.45, 7) is 0.406. The maximum absolute atomic E-state index is 11.8. The minimum atomic E-state index is -0.255. The number of hydrogen-bond acceptors (Lipinski definition) is 4. The first-order valence-corrected chi connectivity index (χ1v) is 6.75. The molecule has 6 heteroatoms. The van der Waals surface area contributed by atoms with Crippen molar-refractivity contribution < 1.29 is 9.21 Å². The molecule has 0 atom stereocenters. The van der Waals surface area contributed by atoms with Gasteiger partial charge in [0.15, 0.2) is 10.4 Å². The lowest BCUT2D eigenvalue weighted by Crippen LogP contribution is -2.22. The average molecular weight is 332 g/mol. The number of halogens is 1. The van der Waals surface area contributed by atoms with Gasteiger partial charge in [-0.2, -0.15) is 0 Å². The highest BCUT2D eigenvalue weighted by molar-refractivity contribution is 9.10. The molecule has 0 aliphatic carbocycles. The fourth-order valence-electron chi connectivity index (χ4n) is 1.82. The molecule has 0 spiro atoms. The van der Waals surface area contributed by atoms with Crippen LogP contribution < -0.4 is 5.32 Å². The van der Waals surface area contributed by atoms with Crippen LogP contribution in [0.3, 0.4) is 0 Å². The molecule has 3 rings (SSSR count). The van der Waals surface area contributed by atoms with Crippen LogP contribution in [0.4, 0.5) is 0 Å². The van der Waals surface area contributed by atoms with Crippen LogP contribution in [0.1, 0.15) is 16.1 Å². The van der Waals surface area contributed by atoms with Crippen molar-refractivity contribution in [2.45, 2.75) is 6.54 Å². The largest absolute Gasteiger partial charge is 0.444 e. The zero-order chi connectivity index (χ0) is 13.9. The molecule has 1 amide bonds. The Bertz CT molecular complexity index is 770. The van der Waals surface area contributed by atoms with Gasteiger partial charge in [0.1, 0.15) is 0 Å². The van der Waals surface area contributed by atoms with Gasteiger partial charge in [0.25, 0.3) is 5.91 Å². The van der Waals surface area contributed by atoms with Crippen LogP contribution in [-0.2, 0) is 6.54 Å². The molecule has 100 valence electrons. The van der Waals surface area contributed by atoms with Crippen LogP contribution >= 0.6 is 15.9 Å². The Labute approximate surface area is 123 Å². The second-order valence-corrected chi connectivity index (χ2v) is 4.95. The van der Waals surface area contributed by atoms with Crippen molar-refractivity contribution in [1.82, 2.24) is 15.3 Å². The molecule has 0 radical (unpaired) electrons. The van der Waals surface area contributed by atoms with Crippen LogP contribution in [0.5, 0.6) is 0 Å². The summed E-state index contributed by atoms with van der Waals surface area (Å²) in [5.41, 5.74) is 2.59. The third kappa shape index (κ3) is 2.70. The fraction of sp³-hybridized carbons (Fsp3) is 0.0714. The maximum atomic E-state index is 11.8. The molecule has 0 bridgehead atoms. The third-order valence-corrected chi connectivity index (χ3v) is 3.21. The van der Waals surface area contributed by atoms with Crippen LogP contribution in [-0.4, -0.2) is 15.9 Å². The van der Waals surface area contributed by atoms with E-state index < -0.39 is 0 Å². The SMILES string of the molecule is O=C(NCc1ccc2nccnc2c1)c1ccc(Br)o1. The standard InChI is InChI=1S/C14H10BrN3O2/c15-13-4-3-12(20-13)14(19)18-8-9-1-2-10-11(7-9)17-6-5-16-10/h1-7H,8H2,(H,18,19). The Hall–Kier alpha value is -2.21. The summed E-state index contributed by atoms with van der Waals surface area (Å²) in [5.74, 6) is 0.0207. The van der Waals surface area contributed by atoms with E-state index in [-0.39, 0.29) is 11.7 Å². The highest BCUT2D eigenvalue weighted by Crippen LogP contribution is 2.14. The number of benzene rings is 1. The van der Waals surface area contributed by atoms with Crippen molar-refractivity contribution in [2.24, 2.45) is 0 Å². The molecule has 5 nitrogen and oxygen atoms in total. The van der Waals surface area contributed by atoms with Gasteiger partial charge in [0, 0.05) is 18.9 Å². The van der Waals surface area contributed by atoms with E-state index in [2.05, 4.69) is 31.2 Å². The van der Waals surface area contributed by atoms with E-state index in [1.165, 1.54) is 0 Å². The summed E-state index contributed by atoms with van der Waals surface area (Å²) < 4.78 is 5.72. The number of nitrogens with one attached hydrogen (secondary N) is 1.